The molecule has 147 heavy (non-hydrogen) atoms. The SMILES string of the molecule is c1ccc(-c2ccc(-c3nc(-c4ccc(-c5ccccc5)cc4)nc(-c4ccc5c(c4)nc(-c4ccccc4)c4ccc6nsnc6c45)n3)cc2)cc1.c1ccc(-c2ccc(-c3nc(-c4ccccc4)nc(-c4ccc5c(c4)nc(-c4ccccc4)c4ccc6nsnc6c45)n3)cc2)cc1.c1ccc(-c2cccc(-c3nc(-c4ccccc4)nc(-c4ccc5c(c4)nc(-c4ccccc4)c4ccc6nsnc6c45)n3)c2)cc1. The monoisotopic (exact) mass is 1940 g/mol. The summed E-state index contributed by atoms with van der Waals surface area (Å²) in [4.78, 5) is 60.9. The van der Waals surface area contributed by atoms with Crippen LogP contribution in [0.25, 0.3) is 279 Å². The van der Waals surface area contributed by atoms with Crippen molar-refractivity contribution in [2.75, 3.05) is 0 Å². The Morgan fingerprint density at radius 2 is 0.299 bits per heavy atom. The zero-order valence-electron chi connectivity index (χ0n) is 78.2. The maximum Gasteiger partial charge on any atom is 0.164 e. The molecule has 0 aliphatic heterocycles. The Morgan fingerprint density at radius 1 is 0.116 bits per heavy atom. The highest BCUT2D eigenvalue weighted by atomic mass is 32.1. The van der Waals surface area contributed by atoms with Gasteiger partial charge in [0, 0.05) is 115 Å². The number of aromatic nitrogens is 18. The number of pyridine rings is 3. The second kappa shape index (κ2) is 38.6. The predicted molar refractivity (Wildman–Crippen MR) is 598 cm³/mol. The second-order valence-electron chi connectivity index (χ2n) is 35.5. The van der Waals surface area contributed by atoms with Crippen LogP contribution in [0.3, 0.4) is 0 Å². The first-order valence-corrected chi connectivity index (χ1v) is 50.2. The number of rotatable bonds is 16. The van der Waals surface area contributed by atoms with Crippen LogP contribution in [-0.4, -0.2) is 86.0 Å². The van der Waals surface area contributed by atoms with Crippen molar-refractivity contribution in [2.24, 2.45) is 0 Å². The van der Waals surface area contributed by atoms with Gasteiger partial charge in [-0.3, -0.25) is 0 Å². The molecule has 28 aromatic rings. The Hall–Kier alpha value is -19.3. The van der Waals surface area contributed by atoms with Crippen LogP contribution >= 0.6 is 35.2 Å². The highest BCUT2D eigenvalue weighted by Gasteiger charge is 2.25. The summed E-state index contributed by atoms with van der Waals surface area (Å²) in [5.41, 5.74) is 30.8. The molecule has 688 valence electrons. The molecule has 18 nitrogen and oxygen atoms in total. The van der Waals surface area contributed by atoms with E-state index in [9.17, 15) is 0 Å². The van der Waals surface area contributed by atoms with E-state index in [0.717, 1.165) is 226 Å². The van der Waals surface area contributed by atoms with Crippen LogP contribution in [0.2, 0.25) is 0 Å². The molecule has 21 heteroatoms. The number of nitrogens with zero attached hydrogens (tertiary/aromatic N) is 18. The first kappa shape index (κ1) is 87.9. The zero-order valence-corrected chi connectivity index (χ0v) is 80.6. The van der Waals surface area contributed by atoms with E-state index in [0.29, 0.717) is 52.4 Å². The molecule has 19 aromatic carbocycles. The molecule has 0 aliphatic rings. The fourth-order valence-corrected chi connectivity index (χ4v) is 20.8. The van der Waals surface area contributed by atoms with Crippen molar-refractivity contribution in [2.45, 2.75) is 0 Å². The summed E-state index contributed by atoms with van der Waals surface area (Å²) in [6.07, 6.45) is 0. The van der Waals surface area contributed by atoms with Crippen LogP contribution in [0.1, 0.15) is 0 Å². The largest absolute Gasteiger partial charge is 0.247 e. The fourth-order valence-electron chi connectivity index (χ4n) is 19.1. The van der Waals surface area contributed by atoms with E-state index < -0.39 is 0 Å². The molecule has 0 unspecified atom stereocenters. The van der Waals surface area contributed by atoms with E-state index >= 15 is 0 Å². The molecule has 0 aliphatic carbocycles. The quantitative estimate of drug-likeness (QED) is 0.0818. The van der Waals surface area contributed by atoms with Crippen molar-refractivity contribution in [3.63, 3.8) is 0 Å². The maximum atomic E-state index is 5.27. The van der Waals surface area contributed by atoms with Crippen molar-refractivity contribution < 1.29 is 0 Å². The van der Waals surface area contributed by atoms with E-state index in [-0.39, 0.29) is 0 Å². The van der Waals surface area contributed by atoms with Gasteiger partial charge in [-0.2, -0.15) is 26.2 Å². The molecule has 28 rings (SSSR count). The summed E-state index contributed by atoms with van der Waals surface area (Å²) in [6, 6.07) is 157. The minimum atomic E-state index is 0.572. The summed E-state index contributed by atoms with van der Waals surface area (Å²) < 4.78 is 27.7. The summed E-state index contributed by atoms with van der Waals surface area (Å²) in [5, 5.41) is 9.29. The van der Waals surface area contributed by atoms with Gasteiger partial charge in [0.2, 0.25) is 0 Å². The maximum absolute atomic E-state index is 5.27. The fraction of sp³-hybridized carbons (Fsp3) is 0. The average molecular weight is 1940 g/mol. The molecule has 0 fully saturated rings. The van der Waals surface area contributed by atoms with Gasteiger partial charge in [-0.05, 0) is 105 Å². The first-order valence-electron chi connectivity index (χ1n) is 48.0. The number of hydrogen-bond acceptors (Lipinski definition) is 21. The van der Waals surface area contributed by atoms with Gasteiger partial charge < -0.3 is 0 Å². The van der Waals surface area contributed by atoms with E-state index in [1.165, 1.54) is 35.2 Å². The molecule has 0 spiro atoms. The van der Waals surface area contributed by atoms with Crippen LogP contribution in [0.5, 0.6) is 0 Å². The van der Waals surface area contributed by atoms with E-state index in [4.69, 9.17) is 72.9 Å². The third kappa shape index (κ3) is 17.4. The minimum absolute atomic E-state index is 0.572. The van der Waals surface area contributed by atoms with Gasteiger partial charge in [0.05, 0.1) is 68.8 Å². The lowest BCUT2D eigenvalue weighted by Crippen LogP contribution is -2.00. The molecular formula is C126H76N18S3. The zero-order chi connectivity index (χ0) is 97.5. The van der Waals surface area contributed by atoms with Crippen LogP contribution in [0.15, 0.2) is 461 Å². The summed E-state index contributed by atoms with van der Waals surface area (Å²) in [6.45, 7) is 0. The Bertz CT molecular complexity index is 9720. The van der Waals surface area contributed by atoms with Crippen LogP contribution in [0, 0.1) is 0 Å². The molecule has 9 heterocycles. The Labute approximate surface area is 854 Å². The number of hydrogen-bond donors (Lipinski definition) is 0. The topological polar surface area (TPSA) is 232 Å². The minimum Gasteiger partial charge on any atom is -0.247 e. The van der Waals surface area contributed by atoms with Crippen molar-refractivity contribution in [1.82, 2.24) is 86.0 Å². The lowest BCUT2D eigenvalue weighted by Gasteiger charge is -2.12. The van der Waals surface area contributed by atoms with E-state index in [2.05, 4.69) is 280 Å². The summed E-state index contributed by atoms with van der Waals surface area (Å²) in [7, 11) is 0. The Balaban J connectivity index is 0.000000112. The standard InChI is InChI=1S/C46H28N6S.2C40H24N6S/c1-4-10-29(11-5-1)31-16-20-34(21-17-31)44-48-45(35-22-18-32(19-23-35)30-12-6-2-7-13-30)50-46(49-44)36-24-25-37-40(28-36)47-42(33-14-8-3-9-15-33)38-26-27-39-43(41(37)38)52-53-51-39;1-4-11-25(12-5-1)28-17-10-18-29(23-28)39-42-38(27-15-8-3-9-16-27)43-40(44-39)30-19-20-31-34(24-30)41-36(26-13-6-2-7-14-26)32-21-22-33-37(35(31)32)46-47-45-33;1-4-10-25(11-5-1)26-16-18-29(19-17-26)39-42-38(28-14-8-3-9-15-28)43-40(44-39)30-20-21-31-34(24-30)41-36(27-12-6-2-7-13-27)32-22-23-33-37(35(31)32)46-47-45-33/h1-28H;2*1-24H. The predicted octanol–water partition coefficient (Wildman–Crippen LogP) is 31.4. The van der Waals surface area contributed by atoms with Gasteiger partial charge in [-0.1, -0.05) is 400 Å². The highest BCUT2D eigenvalue weighted by molar-refractivity contribution is 7.00. The third-order valence-electron chi connectivity index (χ3n) is 26.4. The molecule has 0 atom stereocenters. The molecule has 0 N–H and O–H groups in total. The second-order valence-corrected chi connectivity index (χ2v) is 37.0. The van der Waals surface area contributed by atoms with Crippen LogP contribution in [-0.2, 0) is 0 Å². The Morgan fingerprint density at radius 3 is 0.565 bits per heavy atom. The third-order valence-corrected chi connectivity index (χ3v) is 28.0. The normalized spacial score (nSPS) is 11.4. The van der Waals surface area contributed by atoms with Gasteiger partial charge in [-0.15, -0.1) is 0 Å². The van der Waals surface area contributed by atoms with Gasteiger partial charge in [0.25, 0.3) is 0 Å². The molecule has 0 bridgehead atoms. The molecule has 0 saturated heterocycles. The molecular weight excluding hydrogens is 1860 g/mol. The molecule has 0 saturated carbocycles. The number of benzene rings is 19. The summed E-state index contributed by atoms with van der Waals surface area (Å²) in [5.74, 6) is 5.39. The van der Waals surface area contributed by atoms with Crippen LogP contribution in [0.4, 0.5) is 0 Å². The van der Waals surface area contributed by atoms with Crippen molar-refractivity contribution in [3.8, 4) is 181 Å². The smallest absolute Gasteiger partial charge is 0.164 e. The van der Waals surface area contributed by atoms with Gasteiger partial charge in [0.1, 0.15) is 33.1 Å². The lowest BCUT2D eigenvalue weighted by molar-refractivity contribution is 1.07. The highest BCUT2D eigenvalue weighted by Crippen LogP contribution is 2.45. The van der Waals surface area contributed by atoms with Crippen molar-refractivity contribution >= 4 is 133 Å². The van der Waals surface area contributed by atoms with Gasteiger partial charge in [0.15, 0.2) is 52.4 Å². The molecule has 0 amide bonds. The van der Waals surface area contributed by atoms with Crippen LogP contribution < -0.4 is 0 Å². The van der Waals surface area contributed by atoms with Crippen molar-refractivity contribution in [1.29, 1.82) is 0 Å². The van der Waals surface area contributed by atoms with E-state index in [1.807, 2.05) is 194 Å². The Kier molecular flexibility index (Phi) is 23.1. The number of fused-ring (bicyclic) bond motifs is 15. The molecule has 0 radical (unpaired) electrons. The molecule has 9 aromatic heterocycles. The van der Waals surface area contributed by atoms with Gasteiger partial charge in [-0.25, -0.2) is 59.8 Å². The van der Waals surface area contributed by atoms with Crippen molar-refractivity contribution in [3.05, 3.63) is 461 Å². The first-order chi connectivity index (χ1) is 72.8. The van der Waals surface area contributed by atoms with Gasteiger partial charge >= 0.3 is 0 Å². The lowest BCUT2D eigenvalue weighted by atomic mass is 9.98. The average Bonchev–Trinajstić information content (AvgIpc) is 1.73. The van der Waals surface area contributed by atoms with E-state index in [1.54, 1.807) is 0 Å². The summed E-state index contributed by atoms with van der Waals surface area (Å²) >= 11 is 3.69.